The highest BCUT2D eigenvalue weighted by Crippen LogP contribution is 2.27. The third-order valence-corrected chi connectivity index (χ3v) is 6.49. The first-order chi connectivity index (χ1) is 16.5. The van der Waals surface area contributed by atoms with Crippen LogP contribution < -0.4 is 0 Å². The van der Waals surface area contributed by atoms with E-state index in [1.165, 1.54) is 19.3 Å². The number of aromatic carboxylic acids is 1. The van der Waals surface area contributed by atoms with Crippen LogP contribution in [-0.2, 0) is 13.0 Å². The second-order valence-electron chi connectivity index (χ2n) is 8.96. The second-order valence-corrected chi connectivity index (χ2v) is 8.96. The topological polar surface area (TPSA) is 85.1 Å². The number of allylic oxidation sites excluding steroid dienone is 2. The van der Waals surface area contributed by atoms with Gasteiger partial charge in [0.2, 0.25) is 11.6 Å². The van der Waals surface area contributed by atoms with Crippen molar-refractivity contribution in [3.05, 3.63) is 83.5 Å². The van der Waals surface area contributed by atoms with Crippen molar-refractivity contribution in [2.75, 3.05) is 0 Å². The molecule has 0 spiro atoms. The summed E-state index contributed by atoms with van der Waals surface area (Å²) >= 11 is 0. The number of nitrogens with zero attached hydrogens (tertiary/aromatic N) is 3. The molecule has 4 rings (SSSR count). The molecule has 0 unspecified atom stereocenters. The Kier molecular flexibility index (Phi) is 7.68. The fraction of sp³-hybridized carbons (Fsp3) is 0.357. The van der Waals surface area contributed by atoms with Gasteiger partial charge in [0.05, 0.1) is 12.1 Å². The molecule has 1 aliphatic rings. The smallest absolute Gasteiger partial charge is 0.336 e. The number of carbonyl (C=O) groups is 2. The van der Waals surface area contributed by atoms with Gasteiger partial charge < -0.3 is 5.11 Å². The van der Waals surface area contributed by atoms with E-state index in [1.807, 2.05) is 60.2 Å². The van der Waals surface area contributed by atoms with Crippen molar-refractivity contribution in [2.45, 2.75) is 58.4 Å². The molecule has 0 radical (unpaired) electrons. The van der Waals surface area contributed by atoms with E-state index in [0.29, 0.717) is 36.7 Å². The molecule has 3 aromatic rings. The van der Waals surface area contributed by atoms with Gasteiger partial charge in [0.1, 0.15) is 5.82 Å². The van der Waals surface area contributed by atoms with Crippen LogP contribution in [0, 0.1) is 5.92 Å². The monoisotopic (exact) mass is 457 g/mol. The van der Waals surface area contributed by atoms with E-state index in [-0.39, 0.29) is 11.3 Å². The van der Waals surface area contributed by atoms with Gasteiger partial charge in [-0.05, 0) is 35.6 Å². The first-order valence-electron chi connectivity index (χ1n) is 12.0. The predicted octanol–water partition coefficient (Wildman–Crippen LogP) is 5.96. The number of hydrogen-bond acceptors (Lipinski definition) is 4. The lowest BCUT2D eigenvalue weighted by molar-refractivity contribution is 0.0697. The lowest BCUT2D eigenvalue weighted by Crippen LogP contribution is -2.13. The van der Waals surface area contributed by atoms with Crippen LogP contribution >= 0.6 is 0 Å². The molecule has 6 heteroatoms. The van der Waals surface area contributed by atoms with Gasteiger partial charge in [-0.15, -0.1) is 5.10 Å². The minimum atomic E-state index is -0.943. The molecule has 1 N–H and O–H groups in total. The Morgan fingerprint density at radius 3 is 2.50 bits per heavy atom. The standard InChI is InChI=1S/C28H31N3O3/c1-2-3-13-26-29-27(25(32)18-20-9-5-4-6-10-20)30-31(26)19-21-14-16-22(17-15-21)23-11-7-8-12-24(23)28(33)34/h2-3,7-8,11-12,14-17,20H,4-6,9-10,13,18-19H2,1H3,(H,33,34). The van der Waals surface area contributed by atoms with Crippen molar-refractivity contribution >= 4 is 11.8 Å². The maximum absolute atomic E-state index is 12.9. The molecule has 34 heavy (non-hydrogen) atoms. The summed E-state index contributed by atoms with van der Waals surface area (Å²) in [5.74, 6) is 0.630. The Morgan fingerprint density at radius 1 is 1.06 bits per heavy atom. The fourth-order valence-electron chi connectivity index (χ4n) is 4.62. The van der Waals surface area contributed by atoms with Crippen molar-refractivity contribution in [3.63, 3.8) is 0 Å². The van der Waals surface area contributed by atoms with Gasteiger partial charge in [-0.25, -0.2) is 14.5 Å². The van der Waals surface area contributed by atoms with Gasteiger partial charge in [0.15, 0.2) is 0 Å². The predicted molar refractivity (Wildman–Crippen MR) is 132 cm³/mol. The van der Waals surface area contributed by atoms with Crippen LogP contribution in [0.2, 0.25) is 0 Å². The van der Waals surface area contributed by atoms with Crippen LogP contribution in [0.25, 0.3) is 11.1 Å². The van der Waals surface area contributed by atoms with Crippen LogP contribution in [0.4, 0.5) is 0 Å². The third kappa shape index (κ3) is 5.68. The van der Waals surface area contributed by atoms with Gasteiger partial charge in [-0.1, -0.05) is 86.7 Å². The van der Waals surface area contributed by atoms with E-state index in [4.69, 9.17) is 0 Å². The van der Waals surface area contributed by atoms with E-state index < -0.39 is 5.97 Å². The lowest BCUT2D eigenvalue weighted by atomic mass is 9.86. The van der Waals surface area contributed by atoms with E-state index >= 15 is 0 Å². The molecule has 0 aliphatic heterocycles. The molecular weight excluding hydrogens is 426 g/mol. The number of carbonyl (C=O) groups excluding carboxylic acids is 1. The zero-order valence-corrected chi connectivity index (χ0v) is 19.6. The molecule has 0 amide bonds. The Bertz CT molecular complexity index is 1170. The molecular formula is C28H31N3O3. The molecule has 1 fully saturated rings. The van der Waals surface area contributed by atoms with E-state index in [2.05, 4.69) is 10.1 Å². The first kappa shape index (κ1) is 23.6. The van der Waals surface area contributed by atoms with Crippen LogP contribution in [0.1, 0.15) is 77.8 Å². The highest BCUT2D eigenvalue weighted by atomic mass is 16.4. The van der Waals surface area contributed by atoms with Crippen LogP contribution in [0.5, 0.6) is 0 Å². The van der Waals surface area contributed by atoms with Crippen molar-refractivity contribution < 1.29 is 14.7 Å². The van der Waals surface area contributed by atoms with Crippen molar-refractivity contribution in [1.29, 1.82) is 0 Å². The van der Waals surface area contributed by atoms with E-state index in [9.17, 15) is 14.7 Å². The van der Waals surface area contributed by atoms with Gasteiger partial charge in [0.25, 0.3) is 0 Å². The highest BCUT2D eigenvalue weighted by Gasteiger charge is 2.22. The number of rotatable bonds is 9. The van der Waals surface area contributed by atoms with Gasteiger partial charge in [-0.2, -0.15) is 0 Å². The summed E-state index contributed by atoms with van der Waals surface area (Å²) in [5, 5.41) is 14.1. The zero-order valence-electron chi connectivity index (χ0n) is 19.6. The fourth-order valence-corrected chi connectivity index (χ4v) is 4.62. The van der Waals surface area contributed by atoms with Gasteiger partial charge in [0, 0.05) is 12.8 Å². The van der Waals surface area contributed by atoms with Crippen LogP contribution in [-0.4, -0.2) is 31.6 Å². The number of carboxylic acid groups (broad SMARTS) is 1. The lowest BCUT2D eigenvalue weighted by Gasteiger charge is -2.19. The highest BCUT2D eigenvalue weighted by molar-refractivity contribution is 5.96. The average molecular weight is 458 g/mol. The number of hydrogen-bond donors (Lipinski definition) is 1. The van der Waals surface area contributed by atoms with Crippen molar-refractivity contribution in [2.24, 2.45) is 5.92 Å². The molecule has 0 saturated heterocycles. The number of Topliss-reactive ketones (excluding diaryl/α,β-unsaturated/α-hetero) is 1. The average Bonchev–Trinajstić information content (AvgIpc) is 3.26. The quantitative estimate of drug-likeness (QED) is 0.316. The second kappa shape index (κ2) is 11.1. The summed E-state index contributed by atoms with van der Waals surface area (Å²) in [6, 6.07) is 14.8. The summed E-state index contributed by atoms with van der Waals surface area (Å²) in [5.41, 5.74) is 2.82. The largest absolute Gasteiger partial charge is 0.478 e. The molecule has 1 aliphatic carbocycles. The summed E-state index contributed by atoms with van der Waals surface area (Å²) in [6.07, 6.45) is 11.1. The SMILES string of the molecule is CC=CCc1nc(C(=O)CC2CCCCC2)nn1Cc1ccc(-c2ccccc2C(=O)O)cc1. The molecule has 1 heterocycles. The molecule has 0 atom stereocenters. The summed E-state index contributed by atoms with van der Waals surface area (Å²) in [7, 11) is 0. The first-order valence-corrected chi connectivity index (χ1v) is 12.0. The molecule has 2 aromatic carbocycles. The third-order valence-electron chi connectivity index (χ3n) is 6.49. The van der Waals surface area contributed by atoms with Crippen LogP contribution in [0.15, 0.2) is 60.7 Å². The van der Waals surface area contributed by atoms with Crippen LogP contribution in [0.3, 0.4) is 0 Å². The zero-order chi connectivity index (χ0) is 23.9. The van der Waals surface area contributed by atoms with Gasteiger partial charge >= 0.3 is 5.97 Å². The van der Waals surface area contributed by atoms with E-state index in [1.54, 1.807) is 12.1 Å². The molecule has 6 nitrogen and oxygen atoms in total. The molecule has 1 saturated carbocycles. The maximum Gasteiger partial charge on any atom is 0.336 e. The summed E-state index contributed by atoms with van der Waals surface area (Å²) < 4.78 is 1.81. The normalized spacial score (nSPS) is 14.5. The maximum atomic E-state index is 12.9. The Hall–Kier alpha value is -3.54. The molecule has 176 valence electrons. The Labute approximate surface area is 200 Å². The molecule has 1 aromatic heterocycles. The van der Waals surface area contributed by atoms with Crippen molar-refractivity contribution in [3.8, 4) is 11.1 Å². The minimum absolute atomic E-state index is 0.0352. The van der Waals surface area contributed by atoms with Crippen molar-refractivity contribution in [1.82, 2.24) is 14.8 Å². The summed E-state index contributed by atoms with van der Waals surface area (Å²) in [6.45, 7) is 2.46. The number of ketones is 1. The Balaban J connectivity index is 1.53. The number of benzene rings is 2. The summed E-state index contributed by atoms with van der Waals surface area (Å²) in [4.78, 5) is 29.0. The Morgan fingerprint density at radius 2 is 1.79 bits per heavy atom. The minimum Gasteiger partial charge on any atom is -0.478 e. The number of carboxylic acids is 1. The van der Waals surface area contributed by atoms with E-state index in [0.717, 1.165) is 29.8 Å². The van der Waals surface area contributed by atoms with Gasteiger partial charge in [-0.3, -0.25) is 4.79 Å². The number of aromatic nitrogens is 3. The molecule has 0 bridgehead atoms.